The number of hydrogen-bond donors (Lipinski definition) is 1. The molecule has 1 aliphatic heterocycles. The molecule has 0 saturated carbocycles. The number of H-pyrrole nitrogens is 1. The molecule has 2 aromatic rings. The van der Waals surface area contributed by atoms with E-state index in [-0.39, 0.29) is 24.5 Å². The largest absolute Gasteiger partial charge is 0.375 e. The van der Waals surface area contributed by atoms with Crippen molar-refractivity contribution < 1.29 is 14.3 Å². The zero-order chi connectivity index (χ0) is 18.1. The number of nitrogens with one attached hydrogen (secondary N) is 1. The Morgan fingerprint density at radius 1 is 1.32 bits per heavy atom. The number of benzene rings is 1. The second kappa shape index (κ2) is 7.23. The monoisotopic (exact) mass is 383 g/mol. The highest BCUT2D eigenvalue weighted by Gasteiger charge is 2.32. The van der Waals surface area contributed by atoms with E-state index in [1.807, 2.05) is 13.0 Å². The molecule has 3 rings (SSSR count). The number of carbonyl (C=O) groups is 2. The summed E-state index contributed by atoms with van der Waals surface area (Å²) in [7, 11) is 1.49. The smallest absolute Gasteiger partial charge is 0.272 e. The van der Waals surface area contributed by atoms with Crippen LogP contribution in [0, 0.1) is 0 Å². The van der Waals surface area contributed by atoms with E-state index >= 15 is 0 Å². The molecule has 1 aliphatic rings. The van der Waals surface area contributed by atoms with Gasteiger partial charge in [0.15, 0.2) is 0 Å². The maximum atomic E-state index is 13.0. The van der Waals surface area contributed by atoms with Crippen LogP contribution in [0.5, 0.6) is 0 Å². The van der Waals surface area contributed by atoms with Crippen LogP contribution in [0.1, 0.15) is 17.4 Å². The van der Waals surface area contributed by atoms with Gasteiger partial charge in [-0.3, -0.25) is 9.59 Å². The second-order valence-corrected chi connectivity index (χ2v) is 6.88. The molecule has 6 nitrogen and oxygen atoms in total. The normalized spacial score (nSPS) is 18.0. The number of aromatic nitrogens is 1. The van der Waals surface area contributed by atoms with E-state index in [0.717, 1.165) is 5.52 Å². The Hall–Kier alpha value is -1.76. The molecule has 1 aromatic carbocycles. The zero-order valence-corrected chi connectivity index (χ0v) is 15.5. The molecule has 0 radical (unpaired) electrons. The summed E-state index contributed by atoms with van der Waals surface area (Å²) in [6.07, 6.45) is 0. The molecule has 134 valence electrons. The molecule has 2 amide bonds. The first-order chi connectivity index (χ1) is 11.9. The maximum Gasteiger partial charge on any atom is 0.272 e. The van der Waals surface area contributed by atoms with Gasteiger partial charge in [0.2, 0.25) is 5.91 Å². The lowest BCUT2D eigenvalue weighted by molar-refractivity contribution is -0.137. The zero-order valence-electron chi connectivity index (χ0n) is 14.0. The minimum absolute atomic E-state index is 0.0486. The Bertz CT molecular complexity index is 821. The number of hydrogen-bond acceptors (Lipinski definition) is 3. The predicted molar refractivity (Wildman–Crippen MR) is 97.3 cm³/mol. The van der Waals surface area contributed by atoms with E-state index in [2.05, 4.69) is 4.98 Å². The number of aromatic amines is 1. The van der Waals surface area contributed by atoms with Crippen molar-refractivity contribution in [3.8, 4) is 0 Å². The van der Waals surface area contributed by atoms with Crippen molar-refractivity contribution in [2.45, 2.75) is 13.0 Å². The van der Waals surface area contributed by atoms with Crippen LogP contribution in [0.2, 0.25) is 10.0 Å². The van der Waals surface area contributed by atoms with Crippen molar-refractivity contribution in [1.82, 2.24) is 14.8 Å². The molecule has 2 heterocycles. The number of amides is 2. The Balaban J connectivity index is 1.82. The molecular weight excluding hydrogens is 365 g/mol. The first-order valence-corrected chi connectivity index (χ1v) is 8.73. The minimum Gasteiger partial charge on any atom is -0.375 e. The molecule has 1 saturated heterocycles. The van der Waals surface area contributed by atoms with Gasteiger partial charge in [-0.15, -0.1) is 0 Å². The SMILES string of the molecule is COCC(=O)N1CCN(C(=O)c2[nH]c3cccc(Cl)c3c2Cl)[C@H](C)C1. The molecule has 0 unspecified atom stereocenters. The first kappa shape index (κ1) is 18.0. The van der Waals surface area contributed by atoms with Crippen molar-refractivity contribution in [2.75, 3.05) is 33.4 Å². The summed E-state index contributed by atoms with van der Waals surface area (Å²) in [6.45, 7) is 3.33. The Kier molecular flexibility index (Phi) is 5.22. The maximum absolute atomic E-state index is 13.0. The van der Waals surface area contributed by atoms with E-state index in [0.29, 0.717) is 40.8 Å². The van der Waals surface area contributed by atoms with Crippen LogP contribution in [-0.2, 0) is 9.53 Å². The van der Waals surface area contributed by atoms with Crippen molar-refractivity contribution in [2.24, 2.45) is 0 Å². The number of fused-ring (bicyclic) bond motifs is 1. The highest BCUT2D eigenvalue weighted by atomic mass is 35.5. The first-order valence-electron chi connectivity index (χ1n) is 7.97. The average Bonchev–Trinajstić information content (AvgIpc) is 2.92. The van der Waals surface area contributed by atoms with Gasteiger partial charge < -0.3 is 19.5 Å². The lowest BCUT2D eigenvalue weighted by Crippen LogP contribution is -2.56. The van der Waals surface area contributed by atoms with Crippen LogP contribution in [-0.4, -0.2) is 66.0 Å². The summed E-state index contributed by atoms with van der Waals surface area (Å²) >= 11 is 12.6. The third-order valence-electron chi connectivity index (χ3n) is 4.43. The molecule has 1 N–H and O–H groups in total. The van der Waals surface area contributed by atoms with Gasteiger partial charge in [0.25, 0.3) is 5.91 Å². The molecule has 1 fully saturated rings. The molecule has 1 atom stereocenters. The molecule has 0 spiro atoms. The number of methoxy groups -OCH3 is 1. The minimum atomic E-state index is -0.191. The Morgan fingerprint density at radius 2 is 2.08 bits per heavy atom. The number of rotatable bonds is 3. The Morgan fingerprint density at radius 3 is 2.72 bits per heavy atom. The van der Waals surface area contributed by atoms with Gasteiger partial charge in [-0.05, 0) is 19.1 Å². The number of carbonyl (C=O) groups excluding carboxylic acids is 2. The number of halogens is 2. The summed E-state index contributed by atoms with van der Waals surface area (Å²) in [6, 6.07) is 5.24. The van der Waals surface area contributed by atoms with Crippen LogP contribution in [0.3, 0.4) is 0 Å². The van der Waals surface area contributed by atoms with Gasteiger partial charge in [0.05, 0.1) is 10.0 Å². The van der Waals surface area contributed by atoms with E-state index in [1.165, 1.54) is 7.11 Å². The molecular formula is C17H19Cl2N3O3. The van der Waals surface area contributed by atoms with Crippen LogP contribution in [0.4, 0.5) is 0 Å². The van der Waals surface area contributed by atoms with Gasteiger partial charge >= 0.3 is 0 Å². The number of piperazine rings is 1. The molecule has 1 aromatic heterocycles. The van der Waals surface area contributed by atoms with Gasteiger partial charge in [0, 0.05) is 43.7 Å². The quantitative estimate of drug-likeness (QED) is 0.885. The van der Waals surface area contributed by atoms with Crippen molar-refractivity contribution in [1.29, 1.82) is 0 Å². The standard InChI is InChI=1S/C17H19Cl2N3O3/c1-10-8-21(13(23)9-25-2)6-7-22(10)17(24)16-15(19)14-11(18)4-3-5-12(14)20-16/h3-5,10,20H,6-9H2,1-2H3/t10-/m1/s1. The lowest BCUT2D eigenvalue weighted by Gasteiger charge is -2.39. The van der Waals surface area contributed by atoms with Gasteiger partial charge in [-0.25, -0.2) is 0 Å². The van der Waals surface area contributed by atoms with Gasteiger partial charge in [-0.1, -0.05) is 29.3 Å². The summed E-state index contributed by atoms with van der Waals surface area (Å²) in [4.78, 5) is 31.4. The fourth-order valence-corrected chi connectivity index (χ4v) is 3.81. The highest BCUT2D eigenvalue weighted by Crippen LogP contribution is 2.34. The van der Waals surface area contributed by atoms with Crippen LogP contribution in [0.15, 0.2) is 18.2 Å². The van der Waals surface area contributed by atoms with E-state index < -0.39 is 0 Å². The molecule has 0 aliphatic carbocycles. The Labute approximate surface area is 155 Å². The van der Waals surface area contributed by atoms with Crippen molar-refractivity contribution >= 4 is 45.9 Å². The summed E-state index contributed by atoms with van der Waals surface area (Å²) < 4.78 is 4.89. The fraction of sp³-hybridized carbons (Fsp3) is 0.412. The van der Waals surface area contributed by atoms with Crippen LogP contribution in [0.25, 0.3) is 10.9 Å². The summed E-state index contributed by atoms with van der Waals surface area (Å²) in [5.74, 6) is -0.263. The predicted octanol–water partition coefficient (Wildman–Crippen LogP) is 2.79. The summed E-state index contributed by atoms with van der Waals surface area (Å²) in [5, 5.41) is 1.48. The third-order valence-corrected chi connectivity index (χ3v) is 5.13. The van der Waals surface area contributed by atoms with Gasteiger partial charge in [-0.2, -0.15) is 0 Å². The van der Waals surface area contributed by atoms with E-state index in [9.17, 15) is 9.59 Å². The highest BCUT2D eigenvalue weighted by molar-refractivity contribution is 6.44. The van der Waals surface area contributed by atoms with Crippen molar-refractivity contribution in [3.63, 3.8) is 0 Å². The van der Waals surface area contributed by atoms with E-state index in [1.54, 1.807) is 21.9 Å². The fourth-order valence-electron chi connectivity index (χ4n) is 3.16. The number of ether oxygens (including phenoxy) is 1. The third kappa shape index (κ3) is 3.34. The summed E-state index contributed by atoms with van der Waals surface area (Å²) in [5.41, 5.74) is 1.05. The lowest BCUT2D eigenvalue weighted by atomic mass is 10.1. The van der Waals surface area contributed by atoms with E-state index in [4.69, 9.17) is 27.9 Å². The molecule has 8 heteroatoms. The topological polar surface area (TPSA) is 65.6 Å². The van der Waals surface area contributed by atoms with Crippen LogP contribution >= 0.6 is 23.2 Å². The van der Waals surface area contributed by atoms with Gasteiger partial charge in [0.1, 0.15) is 12.3 Å². The second-order valence-electron chi connectivity index (χ2n) is 6.10. The average molecular weight is 384 g/mol. The molecule has 0 bridgehead atoms. The van der Waals surface area contributed by atoms with Crippen molar-refractivity contribution in [3.05, 3.63) is 33.9 Å². The number of nitrogens with zero attached hydrogens (tertiary/aromatic N) is 2. The van der Waals surface area contributed by atoms with Crippen LogP contribution < -0.4 is 0 Å². The molecule has 25 heavy (non-hydrogen) atoms.